The third-order valence-corrected chi connectivity index (χ3v) is 3.23. The van der Waals surface area contributed by atoms with Crippen LogP contribution >= 0.6 is 11.6 Å². The Kier molecular flexibility index (Phi) is 5.60. The normalized spacial score (nSPS) is 11.7. The van der Waals surface area contributed by atoms with Crippen LogP contribution in [0.1, 0.15) is 11.6 Å². The highest BCUT2D eigenvalue weighted by Crippen LogP contribution is 2.22. The highest BCUT2D eigenvalue weighted by Gasteiger charge is 2.14. The van der Waals surface area contributed by atoms with Crippen molar-refractivity contribution in [1.82, 2.24) is 5.32 Å². The number of nitrogens with one attached hydrogen (secondary N) is 1. The number of ether oxygens (including phenoxy) is 1. The smallest absolute Gasteiger partial charge is 0.258 e. The van der Waals surface area contributed by atoms with Crippen molar-refractivity contribution >= 4 is 17.5 Å². The van der Waals surface area contributed by atoms with E-state index in [-0.39, 0.29) is 19.1 Å². The van der Waals surface area contributed by atoms with Gasteiger partial charge in [0.1, 0.15) is 5.75 Å². The fourth-order valence-corrected chi connectivity index (χ4v) is 2.05. The number of carbonyl (C=O) groups is 1. The summed E-state index contributed by atoms with van der Waals surface area (Å²) in [5, 5.41) is 12.5. The zero-order valence-electron chi connectivity index (χ0n) is 11.3. The lowest BCUT2D eigenvalue weighted by Gasteiger charge is -2.17. The monoisotopic (exact) mass is 305 g/mol. The molecule has 0 bridgehead atoms. The van der Waals surface area contributed by atoms with Gasteiger partial charge in [0.2, 0.25) is 0 Å². The number of aliphatic hydroxyl groups excluding tert-OH is 1. The number of halogens is 1. The van der Waals surface area contributed by atoms with Gasteiger partial charge in [0.05, 0.1) is 17.7 Å². The van der Waals surface area contributed by atoms with Crippen LogP contribution in [-0.2, 0) is 4.79 Å². The van der Waals surface area contributed by atoms with Crippen LogP contribution in [0, 0.1) is 0 Å². The molecule has 4 nitrogen and oxygen atoms in total. The van der Waals surface area contributed by atoms with E-state index in [1.165, 1.54) is 0 Å². The zero-order chi connectivity index (χ0) is 15.1. The summed E-state index contributed by atoms with van der Waals surface area (Å²) in [4.78, 5) is 11.9. The molecule has 2 N–H and O–H groups in total. The van der Waals surface area contributed by atoms with Gasteiger partial charge in [0, 0.05) is 0 Å². The van der Waals surface area contributed by atoms with E-state index in [4.69, 9.17) is 16.3 Å². The zero-order valence-corrected chi connectivity index (χ0v) is 12.1. The van der Waals surface area contributed by atoms with Crippen molar-refractivity contribution in [3.05, 3.63) is 65.2 Å². The Hall–Kier alpha value is -2.04. The molecule has 5 heteroatoms. The molecule has 0 spiro atoms. The lowest BCUT2D eigenvalue weighted by Crippen LogP contribution is -2.34. The molecule has 0 aliphatic heterocycles. The van der Waals surface area contributed by atoms with E-state index in [9.17, 15) is 9.90 Å². The van der Waals surface area contributed by atoms with Crippen LogP contribution in [0.15, 0.2) is 54.6 Å². The lowest BCUT2D eigenvalue weighted by atomic mass is 10.1. The first kappa shape index (κ1) is 15.4. The molecule has 2 aromatic carbocycles. The SMILES string of the molecule is O=C(COc1ccccc1Cl)N[C@@H](CO)c1ccccc1. The average Bonchev–Trinajstić information content (AvgIpc) is 2.52. The Bertz CT molecular complexity index is 589. The summed E-state index contributed by atoms with van der Waals surface area (Å²) in [5.74, 6) is 0.132. The van der Waals surface area contributed by atoms with Crippen LogP contribution in [0.4, 0.5) is 0 Å². The van der Waals surface area contributed by atoms with Crippen molar-refractivity contribution in [3.8, 4) is 5.75 Å². The van der Waals surface area contributed by atoms with Crippen LogP contribution in [0.2, 0.25) is 5.02 Å². The molecule has 110 valence electrons. The Morgan fingerprint density at radius 1 is 1.14 bits per heavy atom. The van der Waals surface area contributed by atoms with Gasteiger partial charge in [-0.15, -0.1) is 0 Å². The molecule has 1 amide bonds. The number of benzene rings is 2. The van der Waals surface area contributed by atoms with Crippen LogP contribution in [0.25, 0.3) is 0 Å². The van der Waals surface area contributed by atoms with Crippen LogP contribution in [0.5, 0.6) is 5.75 Å². The van der Waals surface area contributed by atoms with E-state index in [0.717, 1.165) is 5.56 Å². The molecular weight excluding hydrogens is 290 g/mol. The number of rotatable bonds is 6. The minimum absolute atomic E-state index is 0.160. The molecule has 0 aromatic heterocycles. The van der Waals surface area contributed by atoms with E-state index in [0.29, 0.717) is 10.8 Å². The molecule has 0 unspecified atom stereocenters. The van der Waals surface area contributed by atoms with Gasteiger partial charge >= 0.3 is 0 Å². The minimum Gasteiger partial charge on any atom is -0.482 e. The first-order valence-corrected chi connectivity index (χ1v) is 6.91. The number of hydrogen-bond donors (Lipinski definition) is 2. The second kappa shape index (κ2) is 7.67. The predicted molar refractivity (Wildman–Crippen MR) is 81.4 cm³/mol. The quantitative estimate of drug-likeness (QED) is 0.862. The van der Waals surface area contributed by atoms with Gasteiger partial charge in [0.15, 0.2) is 6.61 Å². The first-order chi connectivity index (χ1) is 10.2. The highest BCUT2D eigenvalue weighted by molar-refractivity contribution is 6.32. The van der Waals surface area contributed by atoms with E-state index < -0.39 is 6.04 Å². The molecule has 0 heterocycles. The van der Waals surface area contributed by atoms with E-state index in [2.05, 4.69) is 5.32 Å². The Morgan fingerprint density at radius 3 is 2.48 bits per heavy atom. The number of carbonyl (C=O) groups excluding carboxylic acids is 1. The molecule has 0 aliphatic rings. The highest BCUT2D eigenvalue weighted by atomic mass is 35.5. The fourth-order valence-electron chi connectivity index (χ4n) is 1.86. The van der Waals surface area contributed by atoms with Crippen molar-refractivity contribution in [1.29, 1.82) is 0 Å². The first-order valence-electron chi connectivity index (χ1n) is 6.53. The van der Waals surface area contributed by atoms with Gasteiger partial charge in [-0.1, -0.05) is 54.1 Å². The Morgan fingerprint density at radius 2 is 1.81 bits per heavy atom. The third kappa shape index (κ3) is 4.48. The maximum absolute atomic E-state index is 11.9. The summed E-state index contributed by atoms with van der Waals surface area (Å²) in [7, 11) is 0. The van der Waals surface area contributed by atoms with Gasteiger partial charge in [-0.25, -0.2) is 0 Å². The molecule has 2 rings (SSSR count). The molecule has 0 aliphatic carbocycles. The summed E-state index contributed by atoms with van der Waals surface area (Å²) >= 11 is 5.94. The van der Waals surface area contributed by atoms with E-state index in [1.807, 2.05) is 30.3 Å². The van der Waals surface area contributed by atoms with Gasteiger partial charge < -0.3 is 15.2 Å². The maximum Gasteiger partial charge on any atom is 0.258 e. The van der Waals surface area contributed by atoms with Crippen LogP contribution in [-0.4, -0.2) is 24.2 Å². The van der Waals surface area contributed by atoms with Crippen molar-refractivity contribution < 1.29 is 14.6 Å². The number of hydrogen-bond acceptors (Lipinski definition) is 3. The molecule has 0 radical (unpaired) electrons. The molecule has 0 saturated carbocycles. The maximum atomic E-state index is 11.9. The number of aliphatic hydroxyl groups is 1. The third-order valence-electron chi connectivity index (χ3n) is 2.92. The van der Waals surface area contributed by atoms with Gasteiger partial charge in [-0.05, 0) is 17.7 Å². The van der Waals surface area contributed by atoms with Crippen molar-refractivity contribution in [2.75, 3.05) is 13.2 Å². The fraction of sp³-hybridized carbons (Fsp3) is 0.188. The van der Waals surface area contributed by atoms with Crippen LogP contribution in [0.3, 0.4) is 0 Å². The molecule has 1 atom stereocenters. The van der Waals surface area contributed by atoms with Crippen molar-refractivity contribution in [2.24, 2.45) is 0 Å². The standard InChI is InChI=1S/C16H16ClNO3/c17-13-8-4-5-9-15(13)21-11-16(20)18-14(10-19)12-6-2-1-3-7-12/h1-9,14,19H,10-11H2,(H,18,20)/t14-/m0/s1. The van der Waals surface area contributed by atoms with Gasteiger partial charge in [-0.3, -0.25) is 4.79 Å². The predicted octanol–water partition coefficient (Wildman–Crippen LogP) is 2.57. The molecule has 2 aromatic rings. The molecule has 21 heavy (non-hydrogen) atoms. The van der Waals surface area contributed by atoms with Crippen molar-refractivity contribution in [2.45, 2.75) is 6.04 Å². The average molecular weight is 306 g/mol. The Balaban J connectivity index is 1.90. The molecule has 0 fully saturated rings. The lowest BCUT2D eigenvalue weighted by molar-refractivity contribution is -0.124. The largest absolute Gasteiger partial charge is 0.482 e. The van der Waals surface area contributed by atoms with Crippen molar-refractivity contribution in [3.63, 3.8) is 0 Å². The van der Waals surface area contributed by atoms with E-state index in [1.54, 1.807) is 24.3 Å². The number of para-hydroxylation sites is 1. The van der Waals surface area contributed by atoms with E-state index >= 15 is 0 Å². The summed E-state index contributed by atoms with van der Waals surface area (Å²) in [6.45, 7) is -0.338. The summed E-state index contributed by atoms with van der Waals surface area (Å²) in [6.07, 6.45) is 0. The van der Waals surface area contributed by atoms with Crippen LogP contribution < -0.4 is 10.1 Å². The summed E-state index contributed by atoms with van der Waals surface area (Å²) < 4.78 is 5.35. The number of amides is 1. The topological polar surface area (TPSA) is 58.6 Å². The van der Waals surface area contributed by atoms with Gasteiger partial charge in [0.25, 0.3) is 5.91 Å². The summed E-state index contributed by atoms with van der Waals surface area (Å²) in [5.41, 5.74) is 0.839. The molecule has 0 saturated heterocycles. The Labute approximate surface area is 128 Å². The minimum atomic E-state index is -0.450. The van der Waals surface area contributed by atoms with Gasteiger partial charge in [-0.2, -0.15) is 0 Å². The second-order valence-electron chi connectivity index (χ2n) is 4.43. The molecular formula is C16H16ClNO3. The second-order valence-corrected chi connectivity index (χ2v) is 4.84. The summed E-state index contributed by atoms with van der Waals surface area (Å²) in [6, 6.07) is 15.8.